The molecule has 7 nitrogen and oxygen atoms in total. The number of hydrogen-bond acceptors (Lipinski definition) is 6. The van der Waals surface area contributed by atoms with E-state index in [4.69, 9.17) is 21.1 Å². The molecule has 30 heavy (non-hydrogen) atoms. The molecule has 154 valence electrons. The maximum absolute atomic E-state index is 10.7. The normalized spacial score (nSPS) is 10.7. The zero-order valence-corrected chi connectivity index (χ0v) is 17.0. The highest BCUT2D eigenvalue weighted by molar-refractivity contribution is 6.30. The van der Waals surface area contributed by atoms with Crippen molar-refractivity contribution >= 4 is 23.5 Å². The zero-order valence-electron chi connectivity index (χ0n) is 16.2. The van der Waals surface area contributed by atoms with Crippen LogP contribution in [0.15, 0.2) is 71.8 Å². The van der Waals surface area contributed by atoms with E-state index < -0.39 is 4.92 Å². The van der Waals surface area contributed by atoms with Crippen molar-refractivity contribution in [3.8, 4) is 11.5 Å². The van der Waals surface area contributed by atoms with Crippen LogP contribution in [0.4, 0.5) is 5.69 Å². The molecule has 3 rings (SSSR count). The van der Waals surface area contributed by atoms with Crippen LogP contribution < -0.4 is 14.9 Å². The van der Waals surface area contributed by atoms with Gasteiger partial charge in [0.05, 0.1) is 24.8 Å². The van der Waals surface area contributed by atoms with E-state index in [1.165, 1.54) is 12.1 Å². The lowest BCUT2D eigenvalue weighted by Crippen LogP contribution is -2.05. The fourth-order valence-corrected chi connectivity index (χ4v) is 2.74. The minimum absolute atomic E-state index is 0.0460. The molecule has 8 heteroatoms. The van der Waals surface area contributed by atoms with Crippen LogP contribution in [-0.2, 0) is 13.2 Å². The summed E-state index contributed by atoms with van der Waals surface area (Å²) in [4.78, 5) is 10.3. The first-order chi connectivity index (χ1) is 14.5. The second-order valence-electron chi connectivity index (χ2n) is 6.34. The third kappa shape index (κ3) is 5.96. The van der Waals surface area contributed by atoms with Crippen molar-refractivity contribution < 1.29 is 14.4 Å². The van der Waals surface area contributed by atoms with Gasteiger partial charge >= 0.3 is 0 Å². The molecular formula is C22H20ClN3O4. The fraction of sp³-hybridized carbons (Fsp3) is 0.136. The Labute approximate surface area is 179 Å². The molecule has 0 heterocycles. The number of hydrazone groups is 1. The van der Waals surface area contributed by atoms with Crippen LogP contribution in [0.5, 0.6) is 11.5 Å². The Balaban J connectivity index is 1.57. The van der Waals surface area contributed by atoms with E-state index in [1.807, 2.05) is 36.4 Å². The largest absolute Gasteiger partial charge is 0.493 e. The maximum atomic E-state index is 10.7. The van der Waals surface area contributed by atoms with Crippen LogP contribution in [0.1, 0.15) is 16.7 Å². The highest BCUT2D eigenvalue weighted by Gasteiger charge is 2.07. The Morgan fingerprint density at radius 3 is 2.40 bits per heavy atom. The zero-order chi connectivity index (χ0) is 21.3. The third-order valence-electron chi connectivity index (χ3n) is 4.23. The number of nitro benzene ring substituents is 1. The molecule has 0 unspecified atom stereocenters. The Hall–Kier alpha value is -3.58. The highest BCUT2D eigenvalue weighted by atomic mass is 35.5. The van der Waals surface area contributed by atoms with Crippen LogP contribution in [0, 0.1) is 10.1 Å². The minimum atomic E-state index is -0.432. The van der Waals surface area contributed by atoms with E-state index in [9.17, 15) is 10.1 Å². The number of halogens is 1. The molecule has 0 aliphatic carbocycles. The molecule has 0 amide bonds. The van der Waals surface area contributed by atoms with Gasteiger partial charge in [0.25, 0.3) is 5.69 Å². The van der Waals surface area contributed by atoms with Gasteiger partial charge in [-0.3, -0.25) is 10.1 Å². The van der Waals surface area contributed by atoms with Crippen molar-refractivity contribution in [1.29, 1.82) is 0 Å². The smallest absolute Gasteiger partial charge is 0.269 e. The van der Waals surface area contributed by atoms with Crippen molar-refractivity contribution in [2.45, 2.75) is 13.2 Å². The predicted octanol–water partition coefficient (Wildman–Crippen LogP) is 4.96. The summed E-state index contributed by atoms with van der Waals surface area (Å²) in [6, 6.07) is 19.3. The second-order valence-corrected chi connectivity index (χ2v) is 6.78. The van der Waals surface area contributed by atoms with Gasteiger partial charge in [0.1, 0.15) is 6.61 Å². The van der Waals surface area contributed by atoms with Crippen LogP contribution in [0.2, 0.25) is 5.02 Å². The van der Waals surface area contributed by atoms with E-state index in [2.05, 4.69) is 10.5 Å². The average Bonchev–Trinajstić information content (AvgIpc) is 2.77. The van der Waals surface area contributed by atoms with E-state index in [1.54, 1.807) is 31.5 Å². The van der Waals surface area contributed by atoms with Gasteiger partial charge in [-0.1, -0.05) is 23.7 Å². The van der Waals surface area contributed by atoms with Gasteiger partial charge < -0.3 is 14.9 Å². The molecular weight excluding hydrogens is 406 g/mol. The lowest BCUT2D eigenvalue weighted by molar-refractivity contribution is -0.384. The van der Waals surface area contributed by atoms with E-state index in [0.29, 0.717) is 23.1 Å². The van der Waals surface area contributed by atoms with Gasteiger partial charge in [0, 0.05) is 17.2 Å². The predicted molar refractivity (Wildman–Crippen MR) is 116 cm³/mol. The number of benzene rings is 3. The van der Waals surface area contributed by atoms with Crippen molar-refractivity contribution in [2.24, 2.45) is 5.10 Å². The Morgan fingerprint density at radius 1 is 1.03 bits per heavy atom. The minimum Gasteiger partial charge on any atom is -0.493 e. The number of nitrogens with zero attached hydrogens (tertiary/aromatic N) is 2. The number of methoxy groups -OCH3 is 1. The summed E-state index contributed by atoms with van der Waals surface area (Å²) >= 11 is 5.87. The first-order valence-corrected chi connectivity index (χ1v) is 9.47. The summed E-state index contributed by atoms with van der Waals surface area (Å²) in [5, 5.41) is 15.6. The Kier molecular flexibility index (Phi) is 7.24. The summed E-state index contributed by atoms with van der Waals surface area (Å²) in [7, 11) is 1.56. The number of rotatable bonds is 9. The molecule has 0 aliphatic heterocycles. The van der Waals surface area contributed by atoms with Gasteiger partial charge in [-0.2, -0.15) is 5.10 Å². The van der Waals surface area contributed by atoms with Crippen LogP contribution in [0.3, 0.4) is 0 Å². The molecule has 0 saturated heterocycles. The number of nitro groups is 1. The number of nitrogens with one attached hydrogen (secondary N) is 1. The topological polar surface area (TPSA) is 86.0 Å². The Bertz CT molecular complexity index is 1020. The maximum Gasteiger partial charge on any atom is 0.269 e. The number of non-ortho nitro benzene ring substituents is 1. The molecule has 0 spiro atoms. The molecule has 0 bridgehead atoms. The van der Waals surface area contributed by atoms with Gasteiger partial charge in [0.15, 0.2) is 11.5 Å². The lowest BCUT2D eigenvalue weighted by Gasteiger charge is -2.11. The van der Waals surface area contributed by atoms with Gasteiger partial charge in [-0.05, 0) is 59.2 Å². The molecule has 0 atom stereocenters. The summed E-state index contributed by atoms with van der Waals surface area (Å²) in [5.74, 6) is 1.14. The third-order valence-corrected chi connectivity index (χ3v) is 4.48. The first kappa shape index (κ1) is 21.1. The SMILES string of the molecule is COc1cc(/C=N\NCc2ccc(Cl)cc2)ccc1OCc1ccc([N+](=O)[O-])cc1. The molecule has 0 aromatic heterocycles. The highest BCUT2D eigenvalue weighted by Crippen LogP contribution is 2.28. The number of hydrogen-bond donors (Lipinski definition) is 1. The number of ether oxygens (including phenoxy) is 2. The average molecular weight is 426 g/mol. The molecule has 0 radical (unpaired) electrons. The molecule has 0 saturated carbocycles. The van der Waals surface area contributed by atoms with Crippen molar-refractivity contribution in [3.63, 3.8) is 0 Å². The van der Waals surface area contributed by atoms with Crippen molar-refractivity contribution in [3.05, 3.63) is 98.6 Å². The van der Waals surface area contributed by atoms with Crippen LogP contribution >= 0.6 is 11.6 Å². The summed E-state index contributed by atoms with van der Waals surface area (Å²) in [6.45, 7) is 0.853. The molecule has 0 aliphatic rings. The quantitative estimate of drug-likeness (QED) is 0.297. The second kappa shape index (κ2) is 10.3. The summed E-state index contributed by atoms with van der Waals surface area (Å²) in [5.41, 5.74) is 5.77. The van der Waals surface area contributed by atoms with Gasteiger partial charge in [0.2, 0.25) is 0 Å². The van der Waals surface area contributed by atoms with Crippen LogP contribution in [-0.4, -0.2) is 18.2 Å². The van der Waals surface area contributed by atoms with E-state index in [0.717, 1.165) is 16.7 Å². The molecule has 1 N–H and O–H groups in total. The van der Waals surface area contributed by atoms with Gasteiger partial charge in [-0.15, -0.1) is 0 Å². The fourth-order valence-electron chi connectivity index (χ4n) is 2.62. The standard InChI is InChI=1S/C22H20ClN3O4/c1-29-22-12-18(14-25-24-13-16-2-7-19(23)8-3-16)6-11-21(22)30-15-17-4-9-20(10-5-17)26(27)28/h2-12,14,24H,13,15H2,1H3/b25-14-. The molecule has 3 aromatic carbocycles. The Morgan fingerprint density at radius 2 is 1.73 bits per heavy atom. The lowest BCUT2D eigenvalue weighted by atomic mass is 10.2. The van der Waals surface area contributed by atoms with Gasteiger partial charge in [-0.25, -0.2) is 0 Å². The molecule has 0 fully saturated rings. The van der Waals surface area contributed by atoms with Crippen molar-refractivity contribution in [2.75, 3.05) is 7.11 Å². The summed E-state index contributed by atoms with van der Waals surface area (Å²) in [6.07, 6.45) is 1.69. The van der Waals surface area contributed by atoms with Crippen molar-refractivity contribution in [1.82, 2.24) is 5.43 Å². The molecule has 3 aromatic rings. The van der Waals surface area contributed by atoms with Crippen LogP contribution in [0.25, 0.3) is 0 Å². The monoisotopic (exact) mass is 425 g/mol. The van der Waals surface area contributed by atoms with E-state index >= 15 is 0 Å². The first-order valence-electron chi connectivity index (χ1n) is 9.09. The van der Waals surface area contributed by atoms with E-state index in [-0.39, 0.29) is 12.3 Å². The summed E-state index contributed by atoms with van der Waals surface area (Å²) < 4.78 is 11.2.